The molecule has 1 aliphatic heterocycles. The number of nitrogens with zero attached hydrogens (tertiary/aromatic N) is 2. The molecule has 0 bridgehead atoms. The van der Waals surface area contributed by atoms with Crippen LogP contribution in [0.15, 0.2) is 23.8 Å². The number of thiol groups is 2. The van der Waals surface area contributed by atoms with Crippen molar-refractivity contribution in [1.82, 2.24) is 15.1 Å². The number of rotatable bonds is 10. The molecule has 0 aromatic heterocycles. The predicted octanol–water partition coefficient (Wildman–Crippen LogP) is 3.05. The lowest BCUT2D eigenvalue weighted by molar-refractivity contribution is 0.120. The fourth-order valence-electron chi connectivity index (χ4n) is 4.12. The molecule has 3 nitrogen and oxygen atoms in total. The van der Waals surface area contributed by atoms with Gasteiger partial charge >= 0.3 is 0 Å². The third-order valence-electron chi connectivity index (χ3n) is 5.60. The molecule has 0 amide bonds. The number of nitrogens with one attached hydrogen (secondary N) is 1. The summed E-state index contributed by atoms with van der Waals surface area (Å²) in [6, 6.07) is 0. The lowest BCUT2D eigenvalue weighted by Gasteiger charge is -2.41. The highest BCUT2D eigenvalue weighted by atomic mass is 35.5. The third-order valence-corrected chi connectivity index (χ3v) is 6.56. The molecule has 6 heteroatoms. The summed E-state index contributed by atoms with van der Waals surface area (Å²) in [5.74, 6) is 3.53. The number of alkyl halides is 1. The summed E-state index contributed by atoms with van der Waals surface area (Å²) < 4.78 is 0. The Morgan fingerprint density at radius 1 is 1.27 bits per heavy atom. The Labute approximate surface area is 176 Å². The summed E-state index contributed by atoms with van der Waals surface area (Å²) in [5, 5.41) is 3.61. The van der Waals surface area contributed by atoms with Crippen LogP contribution in [0, 0.1) is 17.8 Å². The summed E-state index contributed by atoms with van der Waals surface area (Å²) in [4.78, 5) is 5.07. The Morgan fingerprint density at radius 3 is 2.77 bits per heavy atom. The van der Waals surface area contributed by atoms with Crippen molar-refractivity contribution >= 4 is 36.9 Å². The van der Waals surface area contributed by atoms with Crippen LogP contribution in [0.5, 0.6) is 0 Å². The maximum absolute atomic E-state index is 6.37. The highest BCUT2D eigenvalue weighted by Crippen LogP contribution is 2.35. The summed E-state index contributed by atoms with van der Waals surface area (Å²) in [5.41, 5.74) is 1.51. The number of halogens is 1. The van der Waals surface area contributed by atoms with E-state index in [1.54, 1.807) is 0 Å². The van der Waals surface area contributed by atoms with Crippen molar-refractivity contribution in [3.8, 4) is 0 Å². The van der Waals surface area contributed by atoms with Crippen LogP contribution in [-0.2, 0) is 0 Å². The zero-order chi connectivity index (χ0) is 18.9. The van der Waals surface area contributed by atoms with Gasteiger partial charge in [0.25, 0.3) is 0 Å². The van der Waals surface area contributed by atoms with Gasteiger partial charge in [0.15, 0.2) is 0 Å². The topological polar surface area (TPSA) is 18.5 Å². The van der Waals surface area contributed by atoms with Crippen LogP contribution in [0.1, 0.15) is 13.3 Å². The second-order valence-electron chi connectivity index (χ2n) is 7.74. The maximum atomic E-state index is 6.37. The van der Waals surface area contributed by atoms with Crippen LogP contribution >= 0.6 is 36.9 Å². The van der Waals surface area contributed by atoms with Gasteiger partial charge in [-0.2, -0.15) is 25.3 Å². The smallest absolute Gasteiger partial charge is 0.0579 e. The van der Waals surface area contributed by atoms with Gasteiger partial charge in [0.05, 0.1) is 5.38 Å². The lowest BCUT2D eigenvalue weighted by atomic mass is 9.77. The average Bonchev–Trinajstić information content (AvgIpc) is 2.61. The number of hydrogen-bond acceptors (Lipinski definition) is 5. The molecule has 0 spiro atoms. The molecule has 1 saturated heterocycles. The first-order valence-corrected chi connectivity index (χ1v) is 11.6. The molecule has 0 aromatic rings. The monoisotopic (exact) mass is 417 g/mol. The van der Waals surface area contributed by atoms with Gasteiger partial charge in [0.2, 0.25) is 0 Å². The van der Waals surface area contributed by atoms with Gasteiger partial charge in [0, 0.05) is 50.8 Å². The predicted molar refractivity (Wildman–Crippen MR) is 122 cm³/mol. The lowest BCUT2D eigenvalue weighted by Crippen LogP contribution is -2.46. The van der Waals surface area contributed by atoms with Crippen molar-refractivity contribution < 1.29 is 0 Å². The van der Waals surface area contributed by atoms with Crippen LogP contribution < -0.4 is 5.32 Å². The van der Waals surface area contributed by atoms with E-state index in [0.29, 0.717) is 17.8 Å². The average molecular weight is 418 g/mol. The van der Waals surface area contributed by atoms with Crippen LogP contribution in [0.3, 0.4) is 0 Å². The first-order chi connectivity index (χ1) is 12.5. The first kappa shape index (κ1) is 22.6. The normalized spacial score (nSPS) is 30.0. The molecule has 150 valence electrons. The fourth-order valence-corrected chi connectivity index (χ4v) is 4.71. The Hall–Kier alpha value is 0.350. The molecule has 2 aliphatic rings. The van der Waals surface area contributed by atoms with Crippen molar-refractivity contribution in [2.24, 2.45) is 17.8 Å². The second-order valence-corrected chi connectivity index (χ2v) is 9.14. The Morgan fingerprint density at radius 2 is 2.08 bits per heavy atom. The van der Waals surface area contributed by atoms with E-state index in [4.69, 9.17) is 11.6 Å². The molecule has 4 atom stereocenters. The van der Waals surface area contributed by atoms with Gasteiger partial charge in [-0.25, -0.2) is 0 Å². The van der Waals surface area contributed by atoms with Gasteiger partial charge < -0.3 is 15.1 Å². The molecular formula is C20H36ClN3S2. The summed E-state index contributed by atoms with van der Waals surface area (Å²) >= 11 is 15.1. The van der Waals surface area contributed by atoms with E-state index >= 15 is 0 Å². The maximum Gasteiger partial charge on any atom is 0.0579 e. The van der Waals surface area contributed by atoms with Crippen molar-refractivity contribution in [3.05, 3.63) is 23.8 Å². The molecule has 1 fully saturated rings. The van der Waals surface area contributed by atoms with Gasteiger partial charge in [-0.3, -0.25) is 0 Å². The Balaban J connectivity index is 2.01. The minimum atomic E-state index is 0.141. The highest BCUT2D eigenvalue weighted by molar-refractivity contribution is 7.80. The zero-order valence-corrected chi connectivity index (χ0v) is 18.8. The van der Waals surface area contributed by atoms with E-state index in [9.17, 15) is 0 Å². The van der Waals surface area contributed by atoms with Gasteiger partial charge in [-0.05, 0) is 43.3 Å². The number of piperidine rings is 1. The van der Waals surface area contributed by atoms with Crippen LogP contribution in [-0.4, -0.2) is 79.5 Å². The first-order valence-electron chi connectivity index (χ1n) is 9.92. The number of hydrogen-bond donors (Lipinski definition) is 3. The van der Waals surface area contributed by atoms with E-state index in [0.717, 1.165) is 44.2 Å². The van der Waals surface area contributed by atoms with Gasteiger partial charge in [0.1, 0.15) is 0 Å². The van der Waals surface area contributed by atoms with E-state index in [2.05, 4.69) is 72.6 Å². The van der Waals surface area contributed by atoms with Crippen molar-refractivity contribution in [3.63, 3.8) is 0 Å². The molecular weight excluding hydrogens is 382 g/mol. The van der Waals surface area contributed by atoms with Crippen molar-refractivity contribution in [2.75, 3.05) is 64.4 Å². The molecule has 0 aromatic carbocycles. The summed E-state index contributed by atoms with van der Waals surface area (Å²) in [6.07, 6.45) is 8.13. The molecule has 2 rings (SSSR count). The molecule has 1 heterocycles. The summed E-state index contributed by atoms with van der Waals surface area (Å²) in [7, 11) is 2.25. The molecule has 26 heavy (non-hydrogen) atoms. The fraction of sp³-hybridized carbons (Fsp3) is 0.800. The zero-order valence-electron chi connectivity index (χ0n) is 16.3. The SMILES string of the molecule is CC1C=C(C2CCN(C)CC2CN(CCS)CCNCCS)C=CC1Cl. The quantitative estimate of drug-likeness (QED) is 0.288. The van der Waals surface area contributed by atoms with Crippen molar-refractivity contribution in [2.45, 2.75) is 18.7 Å². The molecule has 0 radical (unpaired) electrons. The van der Waals surface area contributed by atoms with E-state index < -0.39 is 0 Å². The number of likely N-dealkylation sites (tertiary alicyclic amines) is 1. The van der Waals surface area contributed by atoms with Crippen LogP contribution in [0.25, 0.3) is 0 Å². The van der Waals surface area contributed by atoms with E-state index in [1.165, 1.54) is 25.1 Å². The van der Waals surface area contributed by atoms with E-state index in [1.807, 2.05) is 0 Å². The number of allylic oxidation sites excluding steroid dienone is 4. The summed E-state index contributed by atoms with van der Waals surface area (Å²) in [6.45, 7) is 9.84. The molecule has 0 saturated carbocycles. The minimum Gasteiger partial charge on any atom is -0.315 e. The van der Waals surface area contributed by atoms with Gasteiger partial charge in [-0.1, -0.05) is 25.2 Å². The molecule has 1 aliphatic carbocycles. The Kier molecular flexibility index (Phi) is 10.5. The van der Waals surface area contributed by atoms with Gasteiger partial charge in [-0.15, -0.1) is 11.6 Å². The Bertz CT molecular complexity index is 472. The van der Waals surface area contributed by atoms with Crippen molar-refractivity contribution in [1.29, 1.82) is 0 Å². The van der Waals surface area contributed by atoms with Crippen LogP contribution in [0.2, 0.25) is 0 Å². The second kappa shape index (κ2) is 12.0. The minimum absolute atomic E-state index is 0.141. The third kappa shape index (κ3) is 7.06. The highest BCUT2D eigenvalue weighted by Gasteiger charge is 2.32. The molecule has 4 unspecified atom stereocenters. The van der Waals surface area contributed by atoms with Crippen LogP contribution in [0.4, 0.5) is 0 Å². The standard InChI is InChI=1S/C20H36ClN3S2/c1-16-13-17(3-4-20(16)21)19-5-8-23(2)14-18(19)15-24(10-12-26)9-6-22-7-11-25/h3-4,13,16,18-20,22,25-26H,5-12,14-15H2,1-2H3. The largest absolute Gasteiger partial charge is 0.315 e. The molecule has 1 N–H and O–H groups in total. The van der Waals surface area contributed by atoms with E-state index in [-0.39, 0.29) is 5.38 Å².